The van der Waals surface area contributed by atoms with Crippen LogP contribution in [0.1, 0.15) is 31.2 Å². The van der Waals surface area contributed by atoms with E-state index in [0.29, 0.717) is 12.8 Å². The van der Waals surface area contributed by atoms with Crippen LogP contribution >= 0.6 is 0 Å². The van der Waals surface area contributed by atoms with E-state index in [1.54, 1.807) is 6.20 Å². The summed E-state index contributed by atoms with van der Waals surface area (Å²) < 4.78 is 0. The first kappa shape index (κ1) is 25.7. The van der Waals surface area contributed by atoms with Gasteiger partial charge in [-0.3, -0.25) is 24.0 Å². The Labute approximate surface area is 201 Å². The molecule has 1 aliphatic rings. The molecule has 8 N–H and O–H groups in total. The van der Waals surface area contributed by atoms with Crippen molar-refractivity contribution in [2.24, 2.45) is 11.5 Å². The molecule has 0 radical (unpaired) electrons. The van der Waals surface area contributed by atoms with Gasteiger partial charge in [0.25, 0.3) is 0 Å². The second kappa shape index (κ2) is 11.5. The number of hydrogen-bond donors (Lipinski definition) is 6. The van der Waals surface area contributed by atoms with Crippen molar-refractivity contribution in [3.05, 3.63) is 36.0 Å². The van der Waals surface area contributed by atoms with Gasteiger partial charge in [-0.25, -0.2) is 0 Å². The first-order valence-corrected chi connectivity index (χ1v) is 11.4. The summed E-state index contributed by atoms with van der Waals surface area (Å²) in [5.74, 6) is -3.43. The molecular formula is C23H30N6O6. The summed E-state index contributed by atoms with van der Waals surface area (Å²) in [6.07, 6.45) is 2.78. The summed E-state index contributed by atoms with van der Waals surface area (Å²) in [7, 11) is 0. The Hall–Kier alpha value is -3.93. The molecule has 4 amide bonds. The number of hydrogen-bond acceptors (Lipinski definition) is 6. The number of primary amides is 1. The van der Waals surface area contributed by atoms with E-state index in [2.05, 4.69) is 15.6 Å². The van der Waals surface area contributed by atoms with Gasteiger partial charge in [-0.2, -0.15) is 0 Å². The van der Waals surface area contributed by atoms with E-state index in [1.807, 2.05) is 24.3 Å². The molecule has 35 heavy (non-hydrogen) atoms. The number of aromatic nitrogens is 1. The summed E-state index contributed by atoms with van der Waals surface area (Å²) in [4.78, 5) is 65.2. The lowest BCUT2D eigenvalue weighted by atomic mass is 10.0. The summed E-state index contributed by atoms with van der Waals surface area (Å²) >= 11 is 0. The van der Waals surface area contributed by atoms with Gasteiger partial charge in [0, 0.05) is 36.5 Å². The molecule has 1 aromatic heterocycles. The van der Waals surface area contributed by atoms with E-state index in [4.69, 9.17) is 16.6 Å². The van der Waals surface area contributed by atoms with Gasteiger partial charge in [-0.1, -0.05) is 18.2 Å². The number of aliphatic carboxylic acids is 1. The fraction of sp³-hybridized carbons (Fsp3) is 0.435. The van der Waals surface area contributed by atoms with Crippen molar-refractivity contribution < 1.29 is 29.1 Å². The van der Waals surface area contributed by atoms with Gasteiger partial charge < -0.3 is 37.1 Å². The Morgan fingerprint density at radius 3 is 2.66 bits per heavy atom. The molecule has 12 heteroatoms. The van der Waals surface area contributed by atoms with Gasteiger partial charge in [0.2, 0.25) is 23.6 Å². The van der Waals surface area contributed by atoms with Crippen molar-refractivity contribution >= 4 is 40.5 Å². The van der Waals surface area contributed by atoms with Crippen LogP contribution in [0.4, 0.5) is 0 Å². The van der Waals surface area contributed by atoms with Crippen molar-refractivity contribution in [1.82, 2.24) is 20.5 Å². The molecule has 0 bridgehead atoms. The molecule has 12 nitrogen and oxygen atoms in total. The third kappa shape index (κ3) is 6.57. The number of nitrogens with two attached hydrogens (primary N) is 2. The molecule has 0 aliphatic carbocycles. The molecule has 2 heterocycles. The zero-order chi connectivity index (χ0) is 25.5. The van der Waals surface area contributed by atoms with Crippen LogP contribution in [0, 0.1) is 0 Å². The summed E-state index contributed by atoms with van der Waals surface area (Å²) in [5.41, 5.74) is 12.7. The Bertz CT molecular complexity index is 1110. The first-order chi connectivity index (χ1) is 16.7. The number of likely N-dealkylation sites (tertiary alicyclic amines) is 1. The van der Waals surface area contributed by atoms with Crippen molar-refractivity contribution in [1.29, 1.82) is 0 Å². The Balaban J connectivity index is 1.81. The van der Waals surface area contributed by atoms with E-state index in [9.17, 15) is 24.0 Å². The Morgan fingerprint density at radius 1 is 1.20 bits per heavy atom. The van der Waals surface area contributed by atoms with Crippen LogP contribution in [0.3, 0.4) is 0 Å². The molecule has 2 aromatic rings. The highest BCUT2D eigenvalue weighted by molar-refractivity contribution is 5.95. The zero-order valence-electron chi connectivity index (χ0n) is 19.2. The maximum absolute atomic E-state index is 13.6. The number of nitrogens with zero attached hydrogens (tertiary/aromatic N) is 1. The number of carbonyl (C=O) groups is 5. The van der Waals surface area contributed by atoms with Crippen LogP contribution in [-0.4, -0.2) is 75.8 Å². The lowest BCUT2D eigenvalue weighted by Gasteiger charge is -2.29. The number of amides is 4. The van der Waals surface area contributed by atoms with Gasteiger partial charge in [0.15, 0.2) is 0 Å². The fourth-order valence-corrected chi connectivity index (χ4v) is 4.21. The van der Waals surface area contributed by atoms with Gasteiger partial charge in [-0.15, -0.1) is 0 Å². The van der Waals surface area contributed by atoms with Crippen molar-refractivity contribution in [2.75, 3.05) is 13.1 Å². The highest BCUT2D eigenvalue weighted by atomic mass is 16.4. The van der Waals surface area contributed by atoms with Crippen molar-refractivity contribution in [3.63, 3.8) is 0 Å². The lowest BCUT2D eigenvalue weighted by molar-refractivity contribution is -0.142. The van der Waals surface area contributed by atoms with Crippen LogP contribution in [-0.2, 0) is 30.4 Å². The standard InChI is InChI=1S/C23H30N6O6/c24-15(7-8-19(25)30)21(33)28-17(10-13-11-26-16-5-2-1-4-14(13)16)23(35)29-9-3-6-18(29)22(34)27-12-20(31)32/h1-2,4-5,11,15,17-18,26H,3,6-10,12,24H2,(H2,25,30)(H,27,34)(H,28,33)(H,31,32). The molecule has 1 fully saturated rings. The normalized spacial score (nSPS) is 17.1. The molecular weight excluding hydrogens is 456 g/mol. The minimum atomic E-state index is -1.19. The Kier molecular flexibility index (Phi) is 8.42. The second-order valence-corrected chi connectivity index (χ2v) is 8.54. The number of benzene rings is 1. The number of carbonyl (C=O) groups excluding carboxylic acids is 4. The minimum absolute atomic E-state index is 0.0269. The van der Waals surface area contributed by atoms with Crippen LogP contribution in [0.5, 0.6) is 0 Å². The SMILES string of the molecule is NC(=O)CCC(N)C(=O)NC(Cc1c[nH]c2ccccc12)C(=O)N1CCCC1C(=O)NCC(=O)O. The van der Waals surface area contributed by atoms with E-state index in [1.165, 1.54) is 4.90 Å². The van der Waals surface area contributed by atoms with Crippen molar-refractivity contribution in [3.8, 4) is 0 Å². The third-order valence-electron chi connectivity index (χ3n) is 6.00. The van der Waals surface area contributed by atoms with E-state index >= 15 is 0 Å². The predicted octanol–water partition coefficient (Wildman–Crippen LogP) is -1.02. The maximum Gasteiger partial charge on any atom is 0.322 e. The smallest absolute Gasteiger partial charge is 0.322 e. The van der Waals surface area contributed by atoms with Crippen LogP contribution in [0.25, 0.3) is 10.9 Å². The number of aromatic amines is 1. The predicted molar refractivity (Wildman–Crippen MR) is 126 cm³/mol. The first-order valence-electron chi connectivity index (χ1n) is 11.4. The van der Waals surface area contributed by atoms with Crippen LogP contribution in [0.2, 0.25) is 0 Å². The highest BCUT2D eigenvalue weighted by Crippen LogP contribution is 2.23. The topological polar surface area (TPSA) is 201 Å². The number of nitrogens with one attached hydrogen (secondary N) is 3. The van der Waals surface area contributed by atoms with Gasteiger partial charge >= 0.3 is 5.97 Å². The van der Waals surface area contributed by atoms with Gasteiger partial charge in [-0.05, 0) is 30.9 Å². The average molecular weight is 487 g/mol. The number of rotatable bonds is 11. The maximum atomic E-state index is 13.6. The fourth-order valence-electron chi connectivity index (χ4n) is 4.21. The lowest BCUT2D eigenvalue weighted by Crippen LogP contribution is -2.56. The summed E-state index contributed by atoms with van der Waals surface area (Å²) in [5, 5.41) is 14.7. The molecule has 3 atom stereocenters. The Morgan fingerprint density at radius 2 is 1.94 bits per heavy atom. The number of H-pyrrole nitrogens is 1. The summed E-state index contributed by atoms with van der Waals surface area (Å²) in [6, 6.07) is 4.59. The summed E-state index contributed by atoms with van der Waals surface area (Å²) in [6.45, 7) is -0.264. The van der Waals surface area contributed by atoms with Crippen molar-refractivity contribution in [2.45, 2.75) is 50.2 Å². The van der Waals surface area contributed by atoms with Gasteiger partial charge in [0.1, 0.15) is 18.6 Å². The molecule has 3 rings (SSSR count). The quantitative estimate of drug-likeness (QED) is 0.233. The van der Waals surface area contributed by atoms with Gasteiger partial charge in [0.05, 0.1) is 6.04 Å². The molecule has 0 spiro atoms. The van der Waals surface area contributed by atoms with Crippen LogP contribution in [0.15, 0.2) is 30.5 Å². The second-order valence-electron chi connectivity index (χ2n) is 8.54. The number of carboxylic acid groups (broad SMARTS) is 1. The van der Waals surface area contributed by atoms with E-state index in [0.717, 1.165) is 16.5 Å². The van der Waals surface area contributed by atoms with E-state index in [-0.39, 0.29) is 25.8 Å². The average Bonchev–Trinajstić information content (AvgIpc) is 3.47. The molecule has 1 aliphatic heterocycles. The number of fused-ring (bicyclic) bond motifs is 1. The molecule has 3 unspecified atom stereocenters. The monoisotopic (exact) mass is 486 g/mol. The largest absolute Gasteiger partial charge is 0.480 e. The molecule has 0 saturated carbocycles. The molecule has 188 valence electrons. The van der Waals surface area contributed by atoms with Crippen LogP contribution < -0.4 is 22.1 Å². The molecule has 1 saturated heterocycles. The zero-order valence-corrected chi connectivity index (χ0v) is 19.2. The van der Waals surface area contributed by atoms with E-state index < -0.39 is 54.3 Å². The molecule has 1 aromatic carbocycles. The minimum Gasteiger partial charge on any atom is -0.480 e. The number of carboxylic acids is 1. The highest BCUT2D eigenvalue weighted by Gasteiger charge is 2.38. The third-order valence-corrected chi connectivity index (χ3v) is 6.00. The number of para-hydroxylation sites is 1.